The molecule has 0 N–H and O–H groups in total. The molecule has 0 unspecified atom stereocenters. The summed E-state index contributed by atoms with van der Waals surface area (Å²) in [4.78, 5) is 0. The molecular weight excluding hydrogens is 313 g/mol. The van der Waals surface area contributed by atoms with Crippen molar-refractivity contribution in [3.05, 3.63) is 33.8 Å². The standard InChI is InChI=1S/C7H6Cl2O3S2.2Na/c8-6-2-1-3-7(9)5(6)4-13-14(10,11)12;;/h1-3H,4H2,(H-,10,11,12);;/q;2*+1/p-1. The summed E-state index contributed by atoms with van der Waals surface area (Å²) in [5, 5.41) is 0.710. The fraction of sp³-hybridized carbons (Fsp3) is 0.143. The van der Waals surface area contributed by atoms with E-state index in [2.05, 4.69) is 0 Å². The Morgan fingerprint density at radius 2 is 1.62 bits per heavy atom. The minimum atomic E-state index is -4.31. The Balaban J connectivity index is 0. The quantitative estimate of drug-likeness (QED) is 0.413. The molecule has 1 aromatic carbocycles. The van der Waals surface area contributed by atoms with Crippen molar-refractivity contribution >= 4 is 42.6 Å². The van der Waals surface area contributed by atoms with Crippen molar-refractivity contribution in [3.8, 4) is 0 Å². The third-order valence-corrected chi connectivity index (χ3v) is 4.03. The SMILES string of the molecule is O=S([O-])([O-])=[S+]Cc1c(Cl)cccc1Cl.[Na+].[Na+]. The van der Waals surface area contributed by atoms with Gasteiger partial charge in [0.2, 0.25) is 16.1 Å². The summed E-state index contributed by atoms with van der Waals surface area (Å²) >= 11 is 11.5. The normalized spacial score (nSPS) is 10.0. The van der Waals surface area contributed by atoms with Crippen LogP contribution in [0.1, 0.15) is 5.56 Å². The van der Waals surface area contributed by atoms with Gasteiger partial charge in [0.25, 0.3) is 0 Å². The van der Waals surface area contributed by atoms with Crippen molar-refractivity contribution in [3.63, 3.8) is 0 Å². The van der Waals surface area contributed by atoms with E-state index in [9.17, 15) is 13.3 Å². The number of rotatable bonds is 2. The molecule has 0 atom stereocenters. The van der Waals surface area contributed by atoms with Gasteiger partial charge in [0, 0.05) is 5.56 Å². The van der Waals surface area contributed by atoms with Crippen LogP contribution in [0.2, 0.25) is 10.0 Å². The Morgan fingerprint density at radius 1 is 1.19 bits per heavy atom. The minimum Gasteiger partial charge on any atom is -0.746 e. The van der Waals surface area contributed by atoms with E-state index in [1.165, 1.54) is 0 Å². The van der Waals surface area contributed by atoms with E-state index < -0.39 is 9.05 Å². The molecule has 9 heteroatoms. The molecule has 0 amide bonds. The van der Waals surface area contributed by atoms with E-state index >= 15 is 0 Å². The van der Waals surface area contributed by atoms with Gasteiger partial charge in [-0.25, -0.2) is 4.21 Å². The van der Waals surface area contributed by atoms with Crippen molar-refractivity contribution in [2.45, 2.75) is 5.75 Å². The van der Waals surface area contributed by atoms with Crippen LogP contribution in [-0.2, 0) is 25.1 Å². The van der Waals surface area contributed by atoms with Gasteiger partial charge in [0.05, 0.1) is 19.1 Å². The topological polar surface area (TPSA) is 63.2 Å². The summed E-state index contributed by atoms with van der Waals surface area (Å²) in [5.41, 5.74) is 0.459. The fourth-order valence-corrected chi connectivity index (χ4v) is 2.85. The molecule has 0 spiro atoms. The van der Waals surface area contributed by atoms with Gasteiger partial charge in [0.1, 0.15) is 0 Å². The van der Waals surface area contributed by atoms with Gasteiger partial charge in [-0.05, 0) is 12.1 Å². The van der Waals surface area contributed by atoms with Crippen LogP contribution in [0.3, 0.4) is 0 Å². The van der Waals surface area contributed by atoms with Gasteiger partial charge < -0.3 is 9.11 Å². The Hall–Kier alpha value is 2.09. The van der Waals surface area contributed by atoms with Crippen LogP contribution in [0.15, 0.2) is 18.2 Å². The summed E-state index contributed by atoms with van der Waals surface area (Å²) in [6, 6.07) is 4.81. The van der Waals surface area contributed by atoms with Crippen LogP contribution in [0.5, 0.6) is 0 Å². The van der Waals surface area contributed by atoms with Gasteiger partial charge in [-0.3, -0.25) is 0 Å². The summed E-state index contributed by atoms with van der Waals surface area (Å²) in [6.07, 6.45) is 0. The molecule has 0 radical (unpaired) electrons. The summed E-state index contributed by atoms with van der Waals surface area (Å²) in [6.45, 7) is 0. The Kier molecular flexibility index (Phi) is 11.6. The van der Waals surface area contributed by atoms with Crippen molar-refractivity contribution in [2.75, 3.05) is 0 Å². The molecule has 1 rings (SSSR count). The molecule has 0 aliphatic carbocycles. The van der Waals surface area contributed by atoms with Gasteiger partial charge >= 0.3 is 59.1 Å². The van der Waals surface area contributed by atoms with Crippen molar-refractivity contribution in [1.82, 2.24) is 0 Å². The number of hydrogen-bond acceptors (Lipinski definition) is 3. The molecule has 16 heavy (non-hydrogen) atoms. The number of hydrogen-bond donors (Lipinski definition) is 0. The predicted octanol–water partition coefficient (Wildman–Crippen LogP) is -3.96. The second-order valence-corrected chi connectivity index (χ2v) is 6.46. The van der Waals surface area contributed by atoms with E-state index in [0.717, 1.165) is 0 Å². The monoisotopic (exact) mass is 317 g/mol. The molecule has 0 fully saturated rings. The molecular formula is C7H5Cl2Na2O3S2+. The molecule has 0 aliphatic heterocycles. The minimum absolute atomic E-state index is 0. The van der Waals surface area contributed by atoms with E-state index in [1.807, 2.05) is 0 Å². The summed E-state index contributed by atoms with van der Waals surface area (Å²) in [5.74, 6) is -0.0374. The Morgan fingerprint density at radius 3 is 2.00 bits per heavy atom. The zero-order valence-electron chi connectivity index (χ0n) is 8.74. The zero-order chi connectivity index (χ0) is 10.8. The molecule has 0 bridgehead atoms. The maximum Gasteiger partial charge on any atom is 1.00 e. The third-order valence-electron chi connectivity index (χ3n) is 1.41. The summed E-state index contributed by atoms with van der Waals surface area (Å²) < 4.78 is 31.0. The zero-order valence-corrected chi connectivity index (χ0v) is 15.9. The molecule has 0 saturated heterocycles. The second-order valence-electron chi connectivity index (χ2n) is 2.37. The maximum absolute atomic E-state index is 10.3. The van der Waals surface area contributed by atoms with Gasteiger partial charge in [-0.15, -0.1) is 0 Å². The first-order valence-electron chi connectivity index (χ1n) is 3.43. The van der Waals surface area contributed by atoms with Crippen LogP contribution < -0.4 is 59.1 Å². The van der Waals surface area contributed by atoms with Gasteiger partial charge in [-0.2, -0.15) is 0 Å². The molecule has 0 heterocycles. The van der Waals surface area contributed by atoms with Crippen LogP contribution >= 0.6 is 23.2 Å². The largest absolute Gasteiger partial charge is 1.00 e. The van der Waals surface area contributed by atoms with Crippen LogP contribution in [0, 0.1) is 0 Å². The third kappa shape index (κ3) is 7.51. The molecule has 0 saturated carbocycles. The summed E-state index contributed by atoms with van der Waals surface area (Å²) in [7, 11) is -4.04. The van der Waals surface area contributed by atoms with Crippen molar-refractivity contribution in [1.29, 1.82) is 0 Å². The first-order valence-corrected chi connectivity index (χ1v) is 7.10. The molecule has 78 valence electrons. The van der Waals surface area contributed by atoms with Crippen LogP contribution in [0.25, 0.3) is 0 Å². The molecule has 0 aliphatic rings. The second kappa shape index (κ2) is 9.07. The van der Waals surface area contributed by atoms with Crippen molar-refractivity contribution in [2.24, 2.45) is 0 Å². The number of halogens is 2. The average molecular weight is 318 g/mol. The van der Waals surface area contributed by atoms with Crippen LogP contribution in [-0.4, -0.2) is 13.3 Å². The van der Waals surface area contributed by atoms with Gasteiger partial charge in [-0.1, -0.05) is 29.3 Å². The maximum atomic E-state index is 10.3. The number of benzene rings is 1. The molecule has 3 nitrogen and oxygen atoms in total. The van der Waals surface area contributed by atoms with Crippen molar-refractivity contribution < 1.29 is 72.4 Å². The average Bonchev–Trinajstić information content (AvgIpc) is 2.01. The van der Waals surface area contributed by atoms with Crippen LogP contribution in [0.4, 0.5) is 0 Å². The first-order chi connectivity index (χ1) is 6.40. The smallest absolute Gasteiger partial charge is 0.746 e. The van der Waals surface area contributed by atoms with E-state index in [0.29, 0.717) is 15.6 Å². The first kappa shape index (κ1) is 20.4. The molecule has 0 aromatic heterocycles. The van der Waals surface area contributed by atoms with Gasteiger partial charge in [0.15, 0.2) is 0 Å². The predicted molar refractivity (Wildman–Crippen MR) is 57.2 cm³/mol. The molecule has 1 aromatic rings. The van der Waals surface area contributed by atoms with E-state index in [-0.39, 0.29) is 75.2 Å². The Labute approximate surface area is 152 Å². The van der Waals surface area contributed by atoms with E-state index in [4.69, 9.17) is 23.2 Å². The fourth-order valence-electron chi connectivity index (χ4n) is 0.801. The van der Waals surface area contributed by atoms with E-state index in [1.54, 1.807) is 18.2 Å². The Bertz CT molecular complexity index is 433.